The van der Waals surface area contributed by atoms with Crippen LogP contribution in [0.15, 0.2) is 51.6 Å². The molecule has 0 radical (unpaired) electrons. The smallest absolute Gasteiger partial charge is 0.363 e. The van der Waals surface area contributed by atoms with E-state index in [0.29, 0.717) is 36.0 Å². The third-order valence-corrected chi connectivity index (χ3v) is 4.47. The molecule has 0 saturated carbocycles. The molecule has 0 N–H and O–H groups in total. The van der Waals surface area contributed by atoms with Crippen molar-refractivity contribution in [2.75, 3.05) is 20.3 Å². The molecule has 3 rings (SSSR count). The van der Waals surface area contributed by atoms with Gasteiger partial charge in [-0.3, -0.25) is 0 Å². The van der Waals surface area contributed by atoms with E-state index in [1.807, 2.05) is 38.1 Å². The quantitative estimate of drug-likeness (QED) is 0.460. The minimum absolute atomic E-state index is 0.194. The number of methoxy groups -OCH3 is 1. The molecule has 6 nitrogen and oxygen atoms in total. The maximum absolute atomic E-state index is 12.3. The summed E-state index contributed by atoms with van der Waals surface area (Å²) in [5.74, 6) is 1.47. The van der Waals surface area contributed by atoms with Crippen molar-refractivity contribution >= 4 is 33.9 Å². The van der Waals surface area contributed by atoms with E-state index in [-0.39, 0.29) is 11.6 Å². The van der Waals surface area contributed by atoms with Crippen LogP contribution in [0.1, 0.15) is 25.0 Å². The molecule has 0 fully saturated rings. The lowest BCUT2D eigenvalue weighted by molar-refractivity contribution is -0.129. The highest BCUT2D eigenvalue weighted by Crippen LogP contribution is 2.37. The van der Waals surface area contributed by atoms with Crippen LogP contribution in [-0.2, 0) is 9.53 Å². The second kappa shape index (κ2) is 8.93. The molecule has 0 saturated heterocycles. The van der Waals surface area contributed by atoms with Crippen molar-refractivity contribution in [1.29, 1.82) is 0 Å². The van der Waals surface area contributed by atoms with E-state index in [1.54, 1.807) is 25.3 Å². The fourth-order valence-corrected chi connectivity index (χ4v) is 3.29. The first-order valence-electron chi connectivity index (χ1n) is 8.82. The number of hydrogen-bond acceptors (Lipinski definition) is 6. The van der Waals surface area contributed by atoms with Crippen LogP contribution in [0.25, 0.3) is 6.08 Å². The van der Waals surface area contributed by atoms with Gasteiger partial charge in [0.1, 0.15) is 5.75 Å². The first kappa shape index (κ1) is 19.9. The van der Waals surface area contributed by atoms with Crippen LogP contribution >= 0.6 is 15.9 Å². The van der Waals surface area contributed by atoms with Gasteiger partial charge in [0, 0.05) is 0 Å². The van der Waals surface area contributed by atoms with E-state index in [0.717, 1.165) is 10.0 Å². The fourth-order valence-electron chi connectivity index (χ4n) is 2.71. The molecule has 146 valence electrons. The van der Waals surface area contributed by atoms with Gasteiger partial charge in [-0.1, -0.05) is 12.1 Å². The minimum atomic E-state index is -0.523. The first-order chi connectivity index (χ1) is 13.6. The number of esters is 1. The van der Waals surface area contributed by atoms with E-state index in [1.165, 1.54) is 0 Å². The van der Waals surface area contributed by atoms with Gasteiger partial charge >= 0.3 is 5.97 Å². The van der Waals surface area contributed by atoms with E-state index in [2.05, 4.69) is 20.9 Å². The van der Waals surface area contributed by atoms with Crippen LogP contribution < -0.4 is 14.2 Å². The SMILES string of the molecule is CCOc1ccccc1C1=N/C(=C\c2cc(Br)c(OCC)c(OC)c2)C(=O)O1. The predicted molar refractivity (Wildman–Crippen MR) is 110 cm³/mol. The Kier molecular flexibility index (Phi) is 6.36. The summed E-state index contributed by atoms with van der Waals surface area (Å²) in [5.41, 5.74) is 1.55. The zero-order chi connectivity index (χ0) is 20.1. The number of aliphatic imine (C=N–C) groups is 1. The summed E-state index contributed by atoms with van der Waals surface area (Å²) in [6.45, 7) is 4.80. The highest BCUT2D eigenvalue weighted by atomic mass is 79.9. The van der Waals surface area contributed by atoms with Crippen molar-refractivity contribution in [2.24, 2.45) is 4.99 Å². The van der Waals surface area contributed by atoms with Crippen molar-refractivity contribution in [2.45, 2.75) is 13.8 Å². The van der Waals surface area contributed by atoms with Gasteiger partial charge in [0.05, 0.1) is 30.4 Å². The summed E-state index contributed by atoms with van der Waals surface area (Å²) in [6.07, 6.45) is 1.64. The monoisotopic (exact) mass is 445 g/mol. The van der Waals surface area contributed by atoms with Gasteiger partial charge in [0.25, 0.3) is 0 Å². The molecule has 0 atom stereocenters. The number of hydrogen-bond donors (Lipinski definition) is 0. The van der Waals surface area contributed by atoms with Crippen LogP contribution in [-0.4, -0.2) is 32.2 Å². The fraction of sp³-hybridized carbons (Fsp3) is 0.238. The molecule has 28 heavy (non-hydrogen) atoms. The molecular formula is C21H20BrNO5. The predicted octanol–water partition coefficient (Wildman–Crippen LogP) is 4.60. The molecule has 0 amide bonds. The maximum atomic E-state index is 12.3. The molecule has 0 bridgehead atoms. The minimum Gasteiger partial charge on any atom is -0.493 e. The Bertz CT molecular complexity index is 952. The molecular weight excluding hydrogens is 426 g/mol. The molecule has 0 aromatic heterocycles. The molecule has 1 heterocycles. The number of rotatable bonds is 7. The summed E-state index contributed by atoms with van der Waals surface area (Å²) in [6, 6.07) is 10.9. The third-order valence-electron chi connectivity index (χ3n) is 3.88. The lowest BCUT2D eigenvalue weighted by atomic mass is 10.1. The molecule has 0 unspecified atom stereocenters. The largest absolute Gasteiger partial charge is 0.493 e. The summed E-state index contributed by atoms with van der Waals surface area (Å²) in [4.78, 5) is 16.7. The molecule has 2 aromatic carbocycles. The lowest BCUT2D eigenvalue weighted by Crippen LogP contribution is -2.07. The van der Waals surface area contributed by atoms with Crippen molar-refractivity contribution in [1.82, 2.24) is 0 Å². The highest BCUT2D eigenvalue weighted by Gasteiger charge is 2.26. The van der Waals surface area contributed by atoms with Gasteiger partial charge < -0.3 is 18.9 Å². The van der Waals surface area contributed by atoms with E-state index in [4.69, 9.17) is 18.9 Å². The Morgan fingerprint density at radius 2 is 1.86 bits per heavy atom. The van der Waals surface area contributed by atoms with Gasteiger partial charge in [-0.15, -0.1) is 0 Å². The molecule has 1 aliphatic rings. The Labute approximate surface area is 171 Å². The van der Waals surface area contributed by atoms with Gasteiger partial charge in [-0.2, -0.15) is 0 Å². The topological polar surface area (TPSA) is 66.3 Å². The number of nitrogens with zero attached hydrogens (tertiary/aromatic N) is 1. The first-order valence-corrected chi connectivity index (χ1v) is 9.61. The van der Waals surface area contributed by atoms with E-state index < -0.39 is 5.97 Å². The van der Waals surface area contributed by atoms with Crippen molar-refractivity contribution in [3.63, 3.8) is 0 Å². The average molecular weight is 446 g/mol. The summed E-state index contributed by atoms with van der Waals surface area (Å²) >= 11 is 3.48. The normalized spacial score (nSPS) is 14.6. The molecule has 0 spiro atoms. The number of halogens is 1. The number of para-hydroxylation sites is 1. The number of carbonyl (C=O) groups is 1. The Hall–Kier alpha value is -2.80. The van der Waals surface area contributed by atoms with E-state index in [9.17, 15) is 4.79 Å². The number of benzene rings is 2. The second-order valence-corrected chi connectivity index (χ2v) is 6.59. The van der Waals surface area contributed by atoms with Crippen molar-refractivity contribution in [3.05, 3.63) is 57.7 Å². The van der Waals surface area contributed by atoms with Gasteiger partial charge in [-0.25, -0.2) is 9.79 Å². The Balaban J connectivity index is 1.97. The summed E-state index contributed by atoms with van der Waals surface area (Å²) < 4.78 is 22.7. The molecule has 1 aliphatic heterocycles. The zero-order valence-corrected chi connectivity index (χ0v) is 17.4. The highest BCUT2D eigenvalue weighted by molar-refractivity contribution is 9.10. The van der Waals surface area contributed by atoms with Crippen LogP contribution in [0.4, 0.5) is 0 Å². The van der Waals surface area contributed by atoms with Crippen LogP contribution in [0, 0.1) is 0 Å². The van der Waals surface area contributed by atoms with Crippen molar-refractivity contribution < 1.29 is 23.7 Å². The zero-order valence-electron chi connectivity index (χ0n) is 15.8. The standard InChI is InChI=1S/C21H20BrNO5/c1-4-26-17-9-7-6-8-14(17)20-23-16(21(24)28-20)11-13-10-15(22)19(27-5-2)18(12-13)25-3/h6-12H,4-5H2,1-3H3/b16-11-. The third kappa shape index (κ3) is 4.20. The van der Waals surface area contributed by atoms with Crippen LogP contribution in [0.3, 0.4) is 0 Å². The summed E-state index contributed by atoms with van der Waals surface area (Å²) in [7, 11) is 1.56. The summed E-state index contributed by atoms with van der Waals surface area (Å²) in [5, 5.41) is 0. The molecule has 2 aromatic rings. The molecule has 7 heteroatoms. The van der Waals surface area contributed by atoms with Gasteiger partial charge in [0.15, 0.2) is 17.2 Å². The average Bonchev–Trinajstić information content (AvgIpc) is 3.04. The van der Waals surface area contributed by atoms with Gasteiger partial charge in [-0.05, 0) is 65.7 Å². The maximum Gasteiger partial charge on any atom is 0.363 e. The lowest BCUT2D eigenvalue weighted by Gasteiger charge is -2.12. The second-order valence-electron chi connectivity index (χ2n) is 5.73. The number of ether oxygens (including phenoxy) is 4. The van der Waals surface area contributed by atoms with Crippen LogP contribution in [0.2, 0.25) is 0 Å². The Morgan fingerprint density at radius 1 is 1.11 bits per heavy atom. The number of cyclic esters (lactones) is 1. The van der Waals surface area contributed by atoms with E-state index >= 15 is 0 Å². The van der Waals surface area contributed by atoms with Gasteiger partial charge in [0.2, 0.25) is 5.90 Å². The molecule has 0 aliphatic carbocycles. The van der Waals surface area contributed by atoms with Crippen molar-refractivity contribution in [3.8, 4) is 17.2 Å². The van der Waals surface area contributed by atoms with Crippen LogP contribution in [0.5, 0.6) is 17.2 Å². The number of carbonyl (C=O) groups excluding carboxylic acids is 1. The Morgan fingerprint density at radius 3 is 2.57 bits per heavy atom.